The standard InChI is InChI=1S/C14H12N4O2/c1-19-13-4-3-11(7-14(13)20-2)18-12(5-6-15)10(8-16)9-17/h3-4,7,18H,5H2,1-2H3. The Bertz CT molecular complexity index is 629. The average Bonchev–Trinajstić information content (AvgIpc) is 2.48. The maximum atomic E-state index is 8.86. The van der Waals surface area contributed by atoms with Crippen LogP contribution in [0.1, 0.15) is 6.42 Å². The van der Waals surface area contributed by atoms with E-state index in [0.717, 1.165) is 0 Å². The number of hydrogen-bond donors (Lipinski definition) is 1. The minimum absolute atomic E-state index is 0.0647. The van der Waals surface area contributed by atoms with Crippen LogP contribution in [0.15, 0.2) is 29.5 Å². The lowest BCUT2D eigenvalue weighted by Gasteiger charge is -2.12. The van der Waals surface area contributed by atoms with Crippen LogP contribution in [-0.4, -0.2) is 14.2 Å². The molecule has 100 valence electrons. The van der Waals surface area contributed by atoms with Crippen LogP contribution < -0.4 is 14.8 Å². The average molecular weight is 268 g/mol. The fourth-order valence-electron chi connectivity index (χ4n) is 1.52. The SMILES string of the molecule is COc1ccc(NC(CC#N)=C(C#N)C#N)cc1OC. The van der Waals surface area contributed by atoms with E-state index in [-0.39, 0.29) is 17.7 Å². The Hall–Kier alpha value is -3.17. The Kier molecular flexibility index (Phi) is 5.44. The lowest BCUT2D eigenvalue weighted by Crippen LogP contribution is -2.03. The molecular weight excluding hydrogens is 256 g/mol. The number of hydrogen-bond acceptors (Lipinski definition) is 6. The molecule has 6 nitrogen and oxygen atoms in total. The molecule has 0 aliphatic heterocycles. The largest absolute Gasteiger partial charge is 0.493 e. The summed E-state index contributed by atoms with van der Waals surface area (Å²) in [4.78, 5) is 0. The summed E-state index contributed by atoms with van der Waals surface area (Å²) >= 11 is 0. The third kappa shape index (κ3) is 3.41. The topological polar surface area (TPSA) is 102 Å². The molecular formula is C14H12N4O2. The number of methoxy groups -OCH3 is 2. The molecule has 0 saturated heterocycles. The van der Waals surface area contributed by atoms with Crippen LogP contribution in [0.2, 0.25) is 0 Å². The van der Waals surface area contributed by atoms with Crippen molar-refractivity contribution in [1.29, 1.82) is 15.8 Å². The Balaban J connectivity index is 3.15. The molecule has 0 aromatic heterocycles. The molecule has 0 saturated carbocycles. The predicted octanol–water partition coefficient (Wildman–Crippen LogP) is 2.33. The zero-order valence-corrected chi connectivity index (χ0v) is 11.1. The fourth-order valence-corrected chi connectivity index (χ4v) is 1.52. The zero-order valence-electron chi connectivity index (χ0n) is 11.1. The molecule has 1 rings (SSSR count). The highest BCUT2D eigenvalue weighted by Gasteiger charge is 2.09. The van der Waals surface area contributed by atoms with Gasteiger partial charge in [0, 0.05) is 11.8 Å². The molecule has 20 heavy (non-hydrogen) atoms. The van der Waals surface area contributed by atoms with E-state index >= 15 is 0 Å². The van der Waals surface area contributed by atoms with E-state index in [2.05, 4.69) is 5.32 Å². The lowest BCUT2D eigenvalue weighted by molar-refractivity contribution is 0.355. The van der Waals surface area contributed by atoms with Crippen LogP contribution in [-0.2, 0) is 0 Å². The maximum absolute atomic E-state index is 8.86. The number of nitrogens with zero attached hydrogens (tertiary/aromatic N) is 3. The summed E-state index contributed by atoms with van der Waals surface area (Å²) < 4.78 is 10.3. The minimum Gasteiger partial charge on any atom is -0.493 e. The molecule has 0 amide bonds. The van der Waals surface area contributed by atoms with Gasteiger partial charge in [-0.2, -0.15) is 15.8 Å². The van der Waals surface area contributed by atoms with Gasteiger partial charge in [0.15, 0.2) is 11.5 Å². The van der Waals surface area contributed by atoms with E-state index in [4.69, 9.17) is 25.3 Å². The van der Waals surface area contributed by atoms with Crippen molar-refractivity contribution < 1.29 is 9.47 Å². The molecule has 0 atom stereocenters. The minimum atomic E-state index is -0.124. The molecule has 1 aromatic carbocycles. The summed E-state index contributed by atoms with van der Waals surface area (Å²) in [7, 11) is 3.03. The summed E-state index contributed by atoms with van der Waals surface area (Å²) in [5.41, 5.74) is 0.724. The highest BCUT2D eigenvalue weighted by atomic mass is 16.5. The van der Waals surface area contributed by atoms with Crippen molar-refractivity contribution in [3.05, 3.63) is 29.5 Å². The second-order valence-corrected chi connectivity index (χ2v) is 3.61. The van der Waals surface area contributed by atoms with Crippen molar-refractivity contribution >= 4 is 5.69 Å². The molecule has 0 bridgehead atoms. The van der Waals surface area contributed by atoms with Gasteiger partial charge in [0.05, 0.1) is 32.4 Å². The lowest BCUT2D eigenvalue weighted by atomic mass is 10.2. The summed E-state index contributed by atoms with van der Waals surface area (Å²) in [6.45, 7) is 0. The van der Waals surface area contributed by atoms with Gasteiger partial charge in [0.25, 0.3) is 0 Å². The molecule has 1 aromatic rings. The molecule has 0 aliphatic rings. The number of nitrogens with one attached hydrogen (secondary N) is 1. The van der Waals surface area contributed by atoms with Gasteiger partial charge >= 0.3 is 0 Å². The van der Waals surface area contributed by atoms with Crippen molar-refractivity contribution in [2.24, 2.45) is 0 Å². The fraction of sp³-hybridized carbons (Fsp3) is 0.214. The van der Waals surface area contributed by atoms with Crippen molar-refractivity contribution in [2.75, 3.05) is 19.5 Å². The second-order valence-electron chi connectivity index (χ2n) is 3.61. The van der Waals surface area contributed by atoms with Crippen LogP contribution in [0.5, 0.6) is 11.5 Å². The van der Waals surface area contributed by atoms with E-state index < -0.39 is 0 Å². The first kappa shape index (κ1) is 14.9. The predicted molar refractivity (Wildman–Crippen MR) is 71.7 cm³/mol. The van der Waals surface area contributed by atoms with Gasteiger partial charge in [0.1, 0.15) is 17.7 Å². The molecule has 1 N–H and O–H groups in total. The van der Waals surface area contributed by atoms with Crippen LogP contribution >= 0.6 is 0 Å². The van der Waals surface area contributed by atoms with E-state index in [9.17, 15) is 0 Å². The van der Waals surface area contributed by atoms with Crippen molar-refractivity contribution in [3.8, 4) is 29.7 Å². The van der Waals surface area contributed by atoms with Crippen LogP contribution in [0, 0.1) is 34.0 Å². The molecule has 0 spiro atoms. The van der Waals surface area contributed by atoms with Crippen molar-refractivity contribution in [1.82, 2.24) is 0 Å². The maximum Gasteiger partial charge on any atom is 0.162 e. The first-order chi connectivity index (χ1) is 9.69. The quantitative estimate of drug-likeness (QED) is 0.822. The van der Waals surface area contributed by atoms with Crippen LogP contribution in [0.3, 0.4) is 0 Å². The van der Waals surface area contributed by atoms with Crippen LogP contribution in [0.25, 0.3) is 0 Å². The van der Waals surface area contributed by atoms with Gasteiger partial charge in [0.2, 0.25) is 0 Å². The van der Waals surface area contributed by atoms with Gasteiger partial charge in [-0.25, -0.2) is 0 Å². The van der Waals surface area contributed by atoms with Gasteiger partial charge in [-0.05, 0) is 12.1 Å². The van der Waals surface area contributed by atoms with E-state index in [1.165, 1.54) is 14.2 Å². The Labute approximate surface area is 117 Å². The van der Waals surface area contributed by atoms with E-state index in [1.807, 2.05) is 6.07 Å². The Morgan fingerprint density at radius 2 is 1.75 bits per heavy atom. The monoisotopic (exact) mass is 268 g/mol. The third-order valence-corrected chi connectivity index (χ3v) is 2.46. The molecule has 0 aliphatic carbocycles. The molecule has 6 heteroatoms. The van der Waals surface area contributed by atoms with Crippen molar-refractivity contribution in [2.45, 2.75) is 6.42 Å². The first-order valence-corrected chi connectivity index (χ1v) is 5.59. The second kappa shape index (κ2) is 7.31. The Morgan fingerprint density at radius 3 is 2.25 bits per heavy atom. The van der Waals surface area contributed by atoms with Crippen molar-refractivity contribution in [3.63, 3.8) is 0 Å². The summed E-state index contributed by atoms with van der Waals surface area (Å²) in [5, 5.41) is 29.4. The zero-order chi connectivity index (χ0) is 15.0. The highest BCUT2D eigenvalue weighted by molar-refractivity contribution is 5.59. The van der Waals surface area contributed by atoms with Gasteiger partial charge in [-0.3, -0.25) is 0 Å². The summed E-state index contributed by atoms with van der Waals surface area (Å²) in [6.07, 6.45) is -0.0647. The van der Waals surface area contributed by atoms with E-state index in [1.54, 1.807) is 30.3 Å². The van der Waals surface area contributed by atoms with E-state index in [0.29, 0.717) is 17.2 Å². The number of allylic oxidation sites excluding steroid dienone is 2. The number of anilines is 1. The molecule has 0 fully saturated rings. The first-order valence-electron chi connectivity index (χ1n) is 5.59. The summed E-state index contributed by atoms with van der Waals surface area (Å²) in [6, 6.07) is 10.5. The third-order valence-electron chi connectivity index (χ3n) is 2.46. The number of nitriles is 3. The smallest absolute Gasteiger partial charge is 0.162 e. The van der Waals surface area contributed by atoms with Gasteiger partial charge < -0.3 is 14.8 Å². The summed E-state index contributed by atoms with van der Waals surface area (Å²) in [5.74, 6) is 1.06. The Morgan fingerprint density at radius 1 is 1.10 bits per heavy atom. The van der Waals surface area contributed by atoms with Gasteiger partial charge in [-0.15, -0.1) is 0 Å². The normalized spacial score (nSPS) is 8.55. The highest BCUT2D eigenvalue weighted by Crippen LogP contribution is 2.30. The van der Waals surface area contributed by atoms with Crippen LogP contribution in [0.4, 0.5) is 5.69 Å². The van der Waals surface area contributed by atoms with Gasteiger partial charge in [-0.1, -0.05) is 0 Å². The number of ether oxygens (including phenoxy) is 2. The molecule has 0 unspecified atom stereocenters. The molecule has 0 radical (unpaired) electrons. The molecule has 0 heterocycles. The number of benzene rings is 1. The number of rotatable bonds is 5.